The number of furan rings is 1. The molecule has 1 aliphatic carbocycles. The van der Waals surface area contributed by atoms with Gasteiger partial charge in [-0.1, -0.05) is 0 Å². The number of rotatable bonds is 4. The van der Waals surface area contributed by atoms with Crippen molar-refractivity contribution in [2.75, 3.05) is 13.7 Å². The Hall–Kier alpha value is -0.800. The minimum atomic E-state index is 0.159. The van der Waals surface area contributed by atoms with E-state index in [0.29, 0.717) is 13.2 Å². The first-order chi connectivity index (χ1) is 6.30. The molecule has 0 bridgehead atoms. The van der Waals surface area contributed by atoms with E-state index in [-0.39, 0.29) is 5.41 Å². The molecule has 0 saturated heterocycles. The Bertz CT molecular complexity index is 289. The fraction of sp³-hybridized carbons (Fsp3) is 0.600. The van der Waals surface area contributed by atoms with E-state index in [1.54, 1.807) is 7.11 Å². The van der Waals surface area contributed by atoms with Crippen LogP contribution >= 0.6 is 0 Å². The summed E-state index contributed by atoms with van der Waals surface area (Å²) in [5.41, 5.74) is 5.85. The topological polar surface area (TPSA) is 48.4 Å². The first kappa shape index (κ1) is 8.78. The molecule has 3 nitrogen and oxygen atoms in total. The highest BCUT2D eigenvalue weighted by Gasteiger charge is 2.45. The zero-order valence-electron chi connectivity index (χ0n) is 7.88. The monoisotopic (exact) mass is 181 g/mol. The van der Waals surface area contributed by atoms with Crippen LogP contribution in [0, 0.1) is 0 Å². The van der Waals surface area contributed by atoms with E-state index in [1.165, 1.54) is 0 Å². The molecule has 0 aliphatic heterocycles. The zero-order valence-corrected chi connectivity index (χ0v) is 7.88. The van der Waals surface area contributed by atoms with Gasteiger partial charge in [0.2, 0.25) is 0 Å². The van der Waals surface area contributed by atoms with Gasteiger partial charge in [0.1, 0.15) is 18.1 Å². The maximum Gasteiger partial charge on any atom is 0.129 e. The van der Waals surface area contributed by atoms with Crippen LogP contribution in [0.1, 0.15) is 24.4 Å². The van der Waals surface area contributed by atoms with Crippen LogP contribution in [0.25, 0.3) is 0 Å². The molecule has 0 amide bonds. The summed E-state index contributed by atoms with van der Waals surface area (Å²) in [6.45, 7) is 1.23. The number of ether oxygens (including phenoxy) is 1. The number of nitrogens with two attached hydrogens (primary N) is 1. The summed E-state index contributed by atoms with van der Waals surface area (Å²) in [4.78, 5) is 0. The molecule has 0 atom stereocenters. The van der Waals surface area contributed by atoms with Crippen molar-refractivity contribution in [3.8, 4) is 0 Å². The van der Waals surface area contributed by atoms with Crippen molar-refractivity contribution in [2.45, 2.75) is 24.9 Å². The van der Waals surface area contributed by atoms with Gasteiger partial charge < -0.3 is 14.9 Å². The van der Waals surface area contributed by atoms with Gasteiger partial charge in [-0.15, -0.1) is 0 Å². The van der Waals surface area contributed by atoms with E-state index in [2.05, 4.69) is 0 Å². The van der Waals surface area contributed by atoms with Crippen LogP contribution in [0.5, 0.6) is 0 Å². The van der Waals surface area contributed by atoms with Crippen LogP contribution in [0.15, 0.2) is 16.5 Å². The second-order valence-corrected chi connectivity index (χ2v) is 3.68. The summed E-state index contributed by atoms with van der Waals surface area (Å²) in [6.07, 6.45) is 2.31. The summed E-state index contributed by atoms with van der Waals surface area (Å²) in [6, 6.07) is 3.99. The van der Waals surface area contributed by atoms with Gasteiger partial charge >= 0.3 is 0 Å². The molecule has 3 heteroatoms. The summed E-state index contributed by atoms with van der Waals surface area (Å²) >= 11 is 0. The molecular weight excluding hydrogens is 166 g/mol. The van der Waals surface area contributed by atoms with Gasteiger partial charge in [-0.3, -0.25) is 0 Å². The lowest BCUT2D eigenvalue weighted by molar-refractivity contribution is 0.161. The quantitative estimate of drug-likeness (QED) is 0.764. The van der Waals surface area contributed by atoms with Gasteiger partial charge in [-0.05, 0) is 25.0 Å². The average Bonchev–Trinajstić information content (AvgIpc) is 2.82. The molecule has 2 N–H and O–H groups in total. The van der Waals surface area contributed by atoms with E-state index in [9.17, 15) is 0 Å². The fourth-order valence-electron chi connectivity index (χ4n) is 1.58. The molecule has 1 aliphatic rings. The summed E-state index contributed by atoms with van der Waals surface area (Å²) < 4.78 is 10.6. The van der Waals surface area contributed by atoms with Crippen molar-refractivity contribution in [3.63, 3.8) is 0 Å². The number of methoxy groups -OCH3 is 1. The van der Waals surface area contributed by atoms with Gasteiger partial charge in [0.25, 0.3) is 0 Å². The SMILES string of the molecule is COCc1ccc(C2(CN)CC2)o1. The molecule has 1 saturated carbocycles. The molecule has 0 unspecified atom stereocenters. The molecular formula is C10H15NO2. The second-order valence-electron chi connectivity index (χ2n) is 3.68. The predicted molar refractivity (Wildman–Crippen MR) is 49.4 cm³/mol. The van der Waals surface area contributed by atoms with Crippen molar-refractivity contribution < 1.29 is 9.15 Å². The van der Waals surface area contributed by atoms with Crippen molar-refractivity contribution in [1.29, 1.82) is 0 Å². The van der Waals surface area contributed by atoms with E-state index >= 15 is 0 Å². The van der Waals surface area contributed by atoms with E-state index in [0.717, 1.165) is 24.4 Å². The number of hydrogen-bond acceptors (Lipinski definition) is 3. The maximum absolute atomic E-state index is 5.69. The van der Waals surface area contributed by atoms with E-state index in [4.69, 9.17) is 14.9 Å². The summed E-state index contributed by atoms with van der Waals surface area (Å²) in [7, 11) is 1.66. The molecule has 1 fully saturated rings. The first-order valence-electron chi connectivity index (χ1n) is 4.59. The maximum atomic E-state index is 5.69. The minimum Gasteiger partial charge on any atom is -0.463 e. The molecule has 0 spiro atoms. The molecule has 1 heterocycles. The lowest BCUT2D eigenvalue weighted by Gasteiger charge is -2.07. The van der Waals surface area contributed by atoms with Gasteiger partial charge in [0.05, 0.1) is 0 Å². The van der Waals surface area contributed by atoms with Crippen LogP contribution < -0.4 is 5.73 Å². The molecule has 2 rings (SSSR count). The van der Waals surface area contributed by atoms with Gasteiger partial charge in [0, 0.05) is 19.1 Å². The standard InChI is InChI=1S/C10H15NO2/c1-12-6-8-2-3-9(13-8)10(7-11)4-5-10/h2-3H,4-7,11H2,1H3. The van der Waals surface area contributed by atoms with Gasteiger partial charge in [0.15, 0.2) is 0 Å². The predicted octanol–water partition coefficient (Wildman–Crippen LogP) is 1.42. The first-order valence-corrected chi connectivity index (χ1v) is 4.59. The highest BCUT2D eigenvalue weighted by atomic mass is 16.5. The van der Waals surface area contributed by atoms with Crippen molar-refractivity contribution in [3.05, 3.63) is 23.7 Å². The fourth-order valence-corrected chi connectivity index (χ4v) is 1.58. The smallest absolute Gasteiger partial charge is 0.129 e. The third-order valence-electron chi connectivity index (χ3n) is 2.72. The van der Waals surface area contributed by atoms with Gasteiger partial charge in [-0.2, -0.15) is 0 Å². The lowest BCUT2D eigenvalue weighted by Crippen LogP contribution is -2.18. The third kappa shape index (κ3) is 1.49. The average molecular weight is 181 g/mol. The van der Waals surface area contributed by atoms with Crippen LogP contribution in [0.3, 0.4) is 0 Å². The minimum absolute atomic E-state index is 0.159. The summed E-state index contributed by atoms with van der Waals surface area (Å²) in [5, 5.41) is 0. The Kier molecular flexibility index (Phi) is 2.14. The Balaban J connectivity index is 2.13. The van der Waals surface area contributed by atoms with Gasteiger partial charge in [-0.25, -0.2) is 0 Å². The lowest BCUT2D eigenvalue weighted by atomic mass is 10.1. The normalized spacial score (nSPS) is 18.9. The Labute approximate surface area is 77.9 Å². The molecule has 72 valence electrons. The molecule has 0 aromatic carbocycles. The highest BCUT2D eigenvalue weighted by molar-refractivity contribution is 5.24. The van der Waals surface area contributed by atoms with E-state index in [1.807, 2.05) is 12.1 Å². The molecule has 1 aromatic rings. The third-order valence-corrected chi connectivity index (χ3v) is 2.72. The highest BCUT2D eigenvalue weighted by Crippen LogP contribution is 2.47. The Morgan fingerprint density at radius 3 is 2.85 bits per heavy atom. The van der Waals surface area contributed by atoms with Crippen molar-refractivity contribution >= 4 is 0 Å². The zero-order chi connectivity index (χ0) is 9.31. The Morgan fingerprint density at radius 2 is 2.31 bits per heavy atom. The second kappa shape index (κ2) is 3.16. The van der Waals surface area contributed by atoms with Crippen molar-refractivity contribution in [2.24, 2.45) is 5.73 Å². The van der Waals surface area contributed by atoms with Crippen LogP contribution in [0.2, 0.25) is 0 Å². The molecule has 1 aromatic heterocycles. The molecule has 0 radical (unpaired) electrons. The van der Waals surface area contributed by atoms with Crippen LogP contribution in [-0.4, -0.2) is 13.7 Å². The van der Waals surface area contributed by atoms with Crippen LogP contribution in [0.4, 0.5) is 0 Å². The van der Waals surface area contributed by atoms with Crippen molar-refractivity contribution in [1.82, 2.24) is 0 Å². The van der Waals surface area contributed by atoms with Crippen LogP contribution in [-0.2, 0) is 16.8 Å². The Morgan fingerprint density at radius 1 is 1.54 bits per heavy atom. The molecule has 13 heavy (non-hydrogen) atoms. The summed E-state index contributed by atoms with van der Waals surface area (Å²) in [5.74, 6) is 1.92. The number of hydrogen-bond donors (Lipinski definition) is 1. The largest absolute Gasteiger partial charge is 0.463 e. The van der Waals surface area contributed by atoms with E-state index < -0.39 is 0 Å².